The van der Waals surface area contributed by atoms with Crippen LogP contribution in [0.2, 0.25) is 0 Å². The van der Waals surface area contributed by atoms with Gasteiger partial charge in [-0.05, 0) is 49.6 Å². The maximum absolute atomic E-state index is 13.3. The second-order valence-corrected chi connectivity index (χ2v) is 7.58. The van der Waals surface area contributed by atoms with E-state index in [2.05, 4.69) is 21.2 Å². The SMILES string of the molecule is COc1ccc(N2CC(=O)Nc3cc(OCCCCCBr)c(OC)cc3C2=O)cc1. The van der Waals surface area contributed by atoms with E-state index in [0.717, 1.165) is 24.6 Å². The molecule has 1 aliphatic rings. The third-order valence-corrected chi connectivity index (χ3v) is 5.34. The highest BCUT2D eigenvalue weighted by molar-refractivity contribution is 9.09. The van der Waals surface area contributed by atoms with Crippen LogP contribution in [0.4, 0.5) is 11.4 Å². The van der Waals surface area contributed by atoms with Crippen LogP contribution in [-0.4, -0.2) is 44.5 Å². The highest BCUT2D eigenvalue weighted by Gasteiger charge is 2.29. The van der Waals surface area contributed by atoms with Crippen LogP contribution in [0.15, 0.2) is 36.4 Å². The molecule has 0 atom stereocenters. The van der Waals surface area contributed by atoms with Crippen molar-refractivity contribution in [1.29, 1.82) is 0 Å². The van der Waals surface area contributed by atoms with Gasteiger partial charge in [0, 0.05) is 17.1 Å². The molecule has 8 heteroatoms. The Morgan fingerprint density at radius 1 is 1.00 bits per heavy atom. The van der Waals surface area contributed by atoms with E-state index in [-0.39, 0.29) is 18.4 Å². The number of methoxy groups -OCH3 is 2. The van der Waals surface area contributed by atoms with E-state index in [1.807, 2.05) is 0 Å². The molecule has 30 heavy (non-hydrogen) atoms. The van der Waals surface area contributed by atoms with Crippen molar-refractivity contribution >= 4 is 39.1 Å². The highest BCUT2D eigenvalue weighted by Crippen LogP contribution is 2.36. The summed E-state index contributed by atoms with van der Waals surface area (Å²) in [6, 6.07) is 10.3. The molecule has 2 aromatic rings. The number of carbonyl (C=O) groups is 2. The van der Waals surface area contributed by atoms with Crippen LogP contribution in [0.25, 0.3) is 0 Å². The summed E-state index contributed by atoms with van der Waals surface area (Å²) in [5, 5.41) is 3.78. The third kappa shape index (κ3) is 5.05. The lowest BCUT2D eigenvalue weighted by Gasteiger charge is -2.20. The van der Waals surface area contributed by atoms with E-state index >= 15 is 0 Å². The second kappa shape index (κ2) is 10.3. The summed E-state index contributed by atoms with van der Waals surface area (Å²) in [6.07, 6.45) is 3.03. The molecule has 7 nitrogen and oxygen atoms in total. The van der Waals surface area contributed by atoms with Gasteiger partial charge in [0.15, 0.2) is 11.5 Å². The van der Waals surface area contributed by atoms with Gasteiger partial charge in [0.25, 0.3) is 5.91 Å². The Morgan fingerprint density at radius 3 is 2.43 bits per heavy atom. The smallest absolute Gasteiger partial charge is 0.261 e. The number of benzene rings is 2. The van der Waals surface area contributed by atoms with Crippen molar-refractivity contribution in [2.45, 2.75) is 19.3 Å². The average molecular weight is 477 g/mol. The maximum Gasteiger partial charge on any atom is 0.261 e. The molecule has 160 valence electrons. The van der Waals surface area contributed by atoms with Crippen LogP contribution in [0.5, 0.6) is 17.2 Å². The summed E-state index contributed by atoms with van der Waals surface area (Å²) in [5.74, 6) is 1.04. The summed E-state index contributed by atoms with van der Waals surface area (Å²) in [5.41, 5.74) is 1.37. The molecular formula is C22H25BrN2O5. The largest absolute Gasteiger partial charge is 0.497 e. The van der Waals surface area contributed by atoms with Crippen molar-refractivity contribution in [1.82, 2.24) is 0 Å². The summed E-state index contributed by atoms with van der Waals surface area (Å²) in [4.78, 5) is 27.2. The Kier molecular flexibility index (Phi) is 7.57. The number of carbonyl (C=O) groups excluding carboxylic acids is 2. The number of ether oxygens (including phenoxy) is 3. The minimum atomic E-state index is -0.296. The lowest BCUT2D eigenvalue weighted by atomic mass is 10.1. The Morgan fingerprint density at radius 2 is 1.77 bits per heavy atom. The van der Waals surface area contributed by atoms with Gasteiger partial charge in [-0.2, -0.15) is 0 Å². The van der Waals surface area contributed by atoms with Crippen LogP contribution in [0.1, 0.15) is 29.6 Å². The van der Waals surface area contributed by atoms with Gasteiger partial charge in [0.2, 0.25) is 5.91 Å². The first-order valence-electron chi connectivity index (χ1n) is 9.74. The van der Waals surface area contributed by atoms with E-state index in [1.54, 1.807) is 43.5 Å². The van der Waals surface area contributed by atoms with Crippen LogP contribution in [-0.2, 0) is 4.79 Å². The summed E-state index contributed by atoms with van der Waals surface area (Å²) in [7, 11) is 3.10. The topological polar surface area (TPSA) is 77.1 Å². The fraction of sp³-hybridized carbons (Fsp3) is 0.364. The number of nitrogens with zero attached hydrogens (tertiary/aromatic N) is 1. The van der Waals surface area contributed by atoms with Gasteiger partial charge in [-0.15, -0.1) is 0 Å². The standard InChI is InChI=1S/C22H25BrN2O5/c1-28-16-8-6-15(7-9-16)25-14-21(26)24-18-13-20(30-11-5-3-4-10-23)19(29-2)12-17(18)22(25)27/h6-9,12-13H,3-5,10-11,14H2,1-2H3,(H,24,26). The Balaban J connectivity index is 1.87. The molecule has 0 aliphatic carbocycles. The molecule has 2 aromatic carbocycles. The van der Waals surface area contributed by atoms with Gasteiger partial charge in [-0.1, -0.05) is 15.9 Å². The second-order valence-electron chi connectivity index (χ2n) is 6.78. The predicted octanol–water partition coefficient (Wildman–Crippen LogP) is 4.25. The first-order valence-corrected chi connectivity index (χ1v) is 10.9. The van der Waals surface area contributed by atoms with E-state index in [0.29, 0.717) is 40.8 Å². The first kappa shape index (κ1) is 22.0. The number of hydrogen-bond donors (Lipinski definition) is 1. The zero-order chi connectivity index (χ0) is 21.5. The van der Waals surface area contributed by atoms with Gasteiger partial charge >= 0.3 is 0 Å². The maximum atomic E-state index is 13.3. The number of rotatable bonds is 9. The molecule has 0 spiro atoms. The molecule has 0 saturated heterocycles. The summed E-state index contributed by atoms with van der Waals surface area (Å²) >= 11 is 3.41. The zero-order valence-electron chi connectivity index (χ0n) is 17.1. The first-order chi connectivity index (χ1) is 14.6. The molecule has 0 radical (unpaired) electrons. The highest BCUT2D eigenvalue weighted by atomic mass is 79.9. The van der Waals surface area contributed by atoms with Gasteiger partial charge in [-0.3, -0.25) is 14.5 Å². The van der Waals surface area contributed by atoms with E-state index in [4.69, 9.17) is 14.2 Å². The monoisotopic (exact) mass is 476 g/mol. The fourth-order valence-corrected chi connectivity index (χ4v) is 3.59. The molecule has 1 N–H and O–H groups in total. The Labute approximate surface area is 184 Å². The van der Waals surface area contributed by atoms with Crippen LogP contribution in [0.3, 0.4) is 0 Å². The van der Waals surface area contributed by atoms with Gasteiger partial charge in [0.1, 0.15) is 12.3 Å². The molecule has 1 heterocycles. The number of unbranched alkanes of at least 4 members (excludes halogenated alkanes) is 2. The van der Waals surface area contributed by atoms with Crippen molar-refractivity contribution in [3.05, 3.63) is 42.0 Å². The lowest BCUT2D eigenvalue weighted by Crippen LogP contribution is -2.35. The molecule has 0 aromatic heterocycles. The lowest BCUT2D eigenvalue weighted by molar-refractivity contribution is -0.114. The molecule has 0 fully saturated rings. The van der Waals surface area contributed by atoms with Crippen molar-refractivity contribution in [2.75, 3.05) is 42.9 Å². The number of nitrogens with one attached hydrogen (secondary N) is 1. The normalized spacial score (nSPS) is 13.4. The number of halogens is 1. The Bertz CT molecular complexity index is 901. The molecule has 0 saturated carbocycles. The minimum absolute atomic E-state index is 0.0924. The Hall–Kier alpha value is -2.74. The van der Waals surface area contributed by atoms with Crippen LogP contribution < -0.4 is 24.4 Å². The number of hydrogen-bond acceptors (Lipinski definition) is 5. The van der Waals surface area contributed by atoms with E-state index in [9.17, 15) is 9.59 Å². The number of amides is 2. The van der Waals surface area contributed by atoms with Crippen LogP contribution in [0, 0.1) is 0 Å². The van der Waals surface area contributed by atoms with Crippen molar-refractivity contribution in [2.24, 2.45) is 0 Å². The van der Waals surface area contributed by atoms with Crippen LogP contribution >= 0.6 is 15.9 Å². The molecular weight excluding hydrogens is 452 g/mol. The number of alkyl halides is 1. The molecule has 2 amide bonds. The predicted molar refractivity (Wildman–Crippen MR) is 119 cm³/mol. The zero-order valence-corrected chi connectivity index (χ0v) is 18.7. The minimum Gasteiger partial charge on any atom is -0.497 e. The van der Waals surface area contributed by atoms with Crippen molar-refractivity contribution in [3.8, 4) is 17.2 Å². The van der Waals surface area contributed by atoms with Gasteiger partial charge in [0.05, 0.1) is 32.1 Å². The fourth-order valence-electron chi connectivity index (χ4n) is 3.19. The number of anilines is 2. The summed E-state index contributed by atoms with van der Waals surface area (Å²) < 4.78 is 16.5. The van der Waals surface area contributed by atoms with Crippen molar-refractivity contribution in [3.63, 3.8) is 0 Å². The molecule has 0 bridgehead atoms. The average Bonchev–Trinajstić information content (AvgIpc) is 2.88. The molecule has 3 rings (SSSR count). The number of fused-ring (bicyclic) bond motifs is 1. The quantitative estimate of drug-likeness (QED) is 0.432. The van der Waals surface area contributed by atoms with Gasteiger partial charge in [-0.25, -0.2) is 0 Å². The third-order valence-electron chi connectivity index (χ3n) is 4.77. The van der Waals surface area contributed by atoms with E-state index < -0.39 is 0 Å². The summed E-state index contributed by atoms with van der Waals surface area (Å²) in [6.45, 7) is 0.437. The van der Waals surface area contributed by atoms with Gasteiger partial charge < -0.3 is 19.5 Å². The molecule has 0 unspecified atom stereocenters. The van der Waals surface area contributed by atoms with Crippen molar-refractivity contribution < 1.29 is 23.8 Å². The molecule has 1 aliphatic heterocycles. The van der Waals surface area contributed by atoms with E-state index in [1.165, 1.54) is 12.0 Å².